The molecule has 0 saturated heterocycles. The van der Waals surface area contributed by atoms with Crippen molar-refractivity contribution >= 4 is 38.1 Å². The van der Waals surface area contributed by atoms with E-state index in [1.165, 1.54) is 0 Å². The van der Waals surface area contributed by atoms with Crippen LogP contribution in [0, 0.1) is 0 Å². The van der Waals surface area contributed by atoms with Crippen LogP contribution in [0.3, 0.4) is 0 Å². The molecule has 3 heteroatoms. The van der Waals surface area contributed by atoms with Crippen LogP contribution >= 0.6 is 31.9 Å². The van der Waals surface area contributed by atoms with E-state index in [9.17, 15) is 4.79 Å². The molecule has 0 aromatic carbocycles. The molecule has 0 fully saturated rings. The van der Waals surface area contributed by atoms with Gasteiger partial charge >= 0.3 is 0 Å². The highest BCUT2D eigenvalue weighted by molar-refractivity contribution is 9.12. The summed E-state index contributed by atoms with van der Waals surface area (Å²) in [7, 11) is 0. The topological polar surface area (TPSA) is 17.1 Å². The Hall–Kier alpha value is 0.630. The van der Waals surface area contributed by atoms with E-state index in [-0.39, 0.29) is 4.32 Å². The Bertz CT molecular complexity index is 70.1. The molecular formula is C4H6Br2O. The van der Waals surface area contributed by atoms with Gasteiger partial charge in [0.1, 0.15) is 6.29 Å². The smallest absolute Gasteiger partial charge is 0.137 e. The summed E-state index contributed by atoms with van der Waals surface area (Å²) in [6, 6.07) is 0. The third kappa shape index (κ3) is 3.23. The molecule has 0 aromatic heterocycles. The van der Waals surface area contributed by atoms with Gasteiger partial charge in [-0.05, 0) is 6.92 Å². The van der Waals surface area contributed by atoms with E-state index in [1.807, 2.05) is 0 Å². The second kappa shape index (κ2) is 2.82. The van der Waals surface area contributed by atoms with Crippen LogP contribution in [0.1, 0.15) is 6.92 Å². The van der Waals surface area contributed by atoms with Crippen LogP contribution in [0.4, 0.5) is 0 Å². The number of halogens is 2. The Morgan fingerprint density at radius 1 is 1.86 bits per heavy atom. The standard InChI is InChI=1S/C4H6Br2O/c1-4(6,2-5)3-7/h3H,2H2,1H3. The molecule has 7 heavy (non-hydrogen) atoms. The summed E-state index contributed by atoms with van der Waals surface area (Å²) in [4.78, 5) is 9.98. The lowest BCUT2D eigenvalue weighted by atomic mass is 10.3. The molecule has 0 N–H and O–H groups in total. The highest BCUT2D eigenvalue weighted by atomic mass is 79.9. The largest absolute Gasteiger partial charge is 0.302 e. The molecule has 0 rings (SSSR count). The summed E-state index contributed by atoms with van der Waals surface area (Å²) in [5, 5.41) is 0.656. The number of carbonyl (C=O) groups excluding carboxylic acids is 1. The molecule has 0 bridgehead atoms. The molecule has 0 radical (unpaired) electrons. The Kier molecular flexibility index (Phi) is 3.08. The normalized spacial score (nSPS) is 18.1. The molecule has 42 valence electrons. The van der Waals surface area contributed by atoms with Gasteiger partial charge in [0.15, 0.2) is 0 Å². The maximum atomic E-state index is 9.98. The van der Waals surface area contributed by atoms with Gasteiger partial charge in [-0.2, -0.15) is 0 Å². The van der Waals surface area contributed by atoms with E-state index in [1.54, 1.807) is 6.92 Å². The molecule has 0 amide bonds. The molecule has 0 spiro atoms. The summed E-state index contributed by atoms with van der Waals surface area (Å²) in [6.45, 7) is 1.80. The minimum absolute atomic E-state index is 0.368. The highest BCUT2D eigenvalue weighted by Gasteiger charge is 2.15. The lowest BCUT2D eigenvalue weighted by Gasteiger charge is -2.06. The Morgan fingerprint density at radius 2 is 2.29 bits per heavy atom. The molecule has 0 aliphatic heterocycles. The zero-order valence-electron chi connectivity index (χ0n) is 3.95. The van der Waals surface area contributed by atoms with Crippen molar-refractivity contribution in [2.45, 2.75) is 11.2 Å². The number of alkyl halides is 2. The Labute approximate surface area is 59.7 Å². The molecular weight excluding hydrogens is 224 g/mol. The summed E-state index contributed by atoms with van der Waals surface area (Å²) in [5.74, 6) is 0. The SMILES string of the molecule is CC(Br)(C=O)CBr. The maximum absolute atomic E-state index is 9.98. The molecule has 1 nitrogen and oxygen atoms in total. The highest BCUT2D eigenvalue weighted by Crippen LogP contribution is 2.15. The van der Waals surface area contributed by atoms with Gasteiger partial charge in [0, 0.05) is 5.33 Å². The van der Waals surface area contributed by atoms with E-state index in [0.29, 0.717) is 5.33 Å². The minimum Gasteiger partial charge on any atom is -0.302 e. The quantitative estimate of drug-likeness (QED) is 0.521. The van der Waals surface area contributed by atoms with Crippen molar-refractivity contribution in [3.8, 4) is 0 Å². The van der Waals surface area contributed by atoms with Crippen LogP contribution < -0.4 is 0 Å². The lowest BCUT2D eigenvalue weighted by molar-refractivity contribution is -0.108. The zero-order valence-corrected chi connectivity index (χ0v) is 7.12. The monoisotopic (exact) mass is 228 g/mol. The molecule has 0 saturated carbocycles. The first-order valence-corrected chi connectivity index (χ1v) is 3.75. The predicted octanol–water partition coefficient (Wildman–Crippen LogP) is 1.73. The number of carbonyl (C=O) groups is 1. The predicted molar refractivity (Wildman–Crippen MR) is 37.2 cm³/mol. The summed E-state index contributed by atoms with van der Waals surface area (Å²) in [6.07, 6.45) is 0.863. The third-order valence-electron chi connectivity index (χ3n) is 0.507. The van der Waals surface area contributed by atoms with Gasteiger partial charge in [-0.25, -0.2) is 0 Å². The number of rotatable bonds is 2. The van der Waals surface area contributed by atoms with E-state index < -0.39 is 0 Å². The molecule has 0 heterocycles. The van der Waals surface area contributed by atoms with Crippen molar-refractivity contribution in [1.82, 2.24) is 0 Å². The zero-order chi connectivity index (χ0) is 5.91. The number of hydrogen-bond acceptors (Lipinski definition) is 1. The van der Waals surface area contributed by atoms with Crippen LogP contribution in [0.5, 0.6) is 0 Å². The molecule has 0 aliphatic rings. The summed E-state index contributed by atoms with van der Waals surface area (Å²) < 4.78 is -0.368. The fourth-order valence-corrected chi connectivity index (χ4v) is 0.164. The average molecular weight is 230 g/mol. The van der Waals surface area contributed by atoms with Crippen molar-refractivity contribution in [1.29, 1.82) is 0 Å². The van der Waals surface area contributed by atoms with Gasteiger partial charge in [-0.15, -0.1) is 0 Å². The number of aldehydes is 1. The first-order valence-electron chi connectivity index (χ1n) is 1.83. The first-order chi connectivity index (χ1) is 3.12. The lowest BCUT2D eigenvalue weighted by Crippen LogP contribution is -2.18. The van der Waals surface area contributed by atoms with Crippen molar-refractivity contribution in [2.75, 3.05) is 5.33 Å². The Morgan fingerprint density at radius 3 is 2.29 bits per heavy atom. The molecule has 0 aliphatic carbocycles. The van der Waals surface area contributed by atoms with Gasteiger partial charge in [0.05, 0.1) is 4.32 Å². The van der Waals surface area contributed by atoms with Crippen LogP contribution in [0.15, 0.2) is 0 Å². The van der Waals surface area contributed by atoms with Crippen molar-refractivity contribution < 1.29 is 4.79 Å². The van der Waals surface area contributed by atoms with Gasteiger partial charge in [0.25, 0.3) is 0 Å². The maximum Gasteiger partial charge on any atom is 0.137 e. The van der Waals surface area contributed by atoms with Gasteiger partial charge in [-0.1, -0.05) is 31.9 Å². The second-order valence-corrected chi connectivity index (χ2v) is 3.90. The van der Waals surface area contributed by atoms with Gasteiger partial charge in [0.2, 0.25) is 0 Å². The van der Waals surface area contributed by atoms with Gasteiger partial charge < -0.3 is 4.79 Å². The fourth-order valence-electron chi connectivity index (χ4n) is 0.0315. The Balaban J connectivity index is 3.58. The van der Waals surface area contributed by atoms with Crippen molar-refractivity contribution in [2.24, 2.45) is 0 Å². The average Bonchev–Trinajstić information content (AvgIpc) is 1.68. The van der Waals surface area contributed by atoms with E-state index in [2.05, 4.69) is 31.9 Å². The van der Waals surface area contributed by atoms with E-state index in [4.69, 9.17) is 0 Å². The first kappa shape index (κ1) is 7.63. The minimum atomic E-state index is -0.368. The van der Waals surface area contributed by atoms with Crippen LogP contribution in [-0.2, 0) is 4.79 Å². The van der Waals surface area contributed by atoms with Crippen LogP contribution in [0.25, 0.3) is 0 Å². The summed E-state index contributed by atoms with van der Waals surface area (Å²) >= 11 is 6.32. The molecule has 0 aromatic rings. The van der Waals surface area contributed by atoms with Crippen molar-refractivity contribution in [3.05, 3.63) is 0 Å². The number of hydrogen-bond donors (Lipinski definition) is 0. The van der Waals surface area contributed by atoms with Gasteiger partial charge in [-0.3, -0.25) is 0 Å². The van der Waals surface area contributed by atoms with E-state index in [0.717, 1.165) is 6.29 Å². The van der Waals surface area contributed by atoms with E-state index >= 15 is 0 Å². The van der Waals surface area contributed by atoms with Crippen LogP contribution in [-0.4, -0.2) is 15.9 Å². The molecule has 1 atom stereocenters. The fraction of sp³-hybridized carbons (Fsp3) is 0.750. The van der Waals surface area contributed by atoms with Crippen LogP contribution in [0.2, 0.25) is 0 Å². The summed E-state index contributed by atoms with van der Waals surface area (Å²) in [5.41, 5.74) is 0. The van der Waals surface area contributed by atoms with Crippen molar-refractivity contribution in [3.63, 3.8) is 0 Å². The third-order valence-corrected chi connectivity index (χ3v) is 2.89. The second-order valence-electron chi connectivity index (χ2n) is 1.53. The molecule has 1 unspecified atom stereocenters.